The third-order valence-electron chi connectivity index (χ3n) is 16.4. The molecule has 0 fully saturated rings. The van der Waals surface area contributed by atoms with Crippen LogP contribution >= 0.6 is 0 Å². The quantitative estimate of drug-likeness (QED) is 0.137. The van der Waals surface area contributed by atoms with Crippen LogP contribution in [0.5, 0.6) is 11.5 Å². The lowest BCUT2D eigenvalue weighted by atomic mass is 9.78. The Morgan fingerprint density at radius 1 is 0.364 bits per heavy atom. The fourth-order valence-electron chi connectivity index (χ4n) is 11.2. The first kappa shape index (κ1) is 51.2. The van der Waals surface area contributed by atoms with E-state index < -0.39 is 0 Å². The van der Waals surface area contributed by atoms with E-state index in [0.717, 1.165) is 39.4 Å². The summed E-state index contributed by atoms with van der Waals surface area (Å²) in [6, 6.07) is 71.4. The van der Waals surface area contributed by atoms with Gasteiger partial charge in [0, 0.05) is 51.3 Å². The highest BCUT2D eigenvalue weighted by atomic mass is 16.5. The van der Waals surface area contributed by atoms with Crippen molar-refractivity contribution in [2.24, 2.45) is 0 Å². The van der Waals surface area contributed by atoms with E-state index in [0.29, 0.717) is 6.67 Å². The van der Waals surface area contributed by atoms with E-state index >= 15 is 0 Å². The van der Waals surface area contributed by atoms with Gasteiger partial charge in [0.2, 0.25) is 0 Å². The molecular formula is C72H74N4O. The van der Waals surface area contributed by atoms with Gasteiger partial charge in [-0.25, -0.2) is 4.98 Å². The van der Waals surface area contributed by atoms with Crippen LogP contribution in [0.3, 0.4) is 0 Å². The lowest BCUT2D eigenvalue weighted by Crippen LogP contribution is -2.25. The Hall–Kier alpha value is -7.89. The van der Waals surface area contributed by atoms with Gasteiger partial charge in [-0.3, -0.25) is 4.57 Å². The Labute approximate surface area is 457 Å². The van der Waals surface area contributed by atoms with Crippen molar-refractivity contribution in [3.05, 3.63) is 239 Å². The molecule has 0 amide bonds. The second-order valence-electron chi connectivity index (χ2n) is 25.5. The highest BCUT2D eigenvalue weighted by Gasteiger charge is 2.33. The van der Waals surface area contributed by atoms with Crippen LogP contribution in [-0.4, -0.2) is 16.2 Å². The summed E-state index contributed by atoms with van der Waals surface area (Å²) in [6.45, 7) is 30.6. The minimum absolute atomic E-state index is 0.0325. The van der Waals surface area contributed by atoms with Gasteiger partial charge in [-0.05, 0) is 139 Å². The first-order valence-corrected chi connectivity index (χ1v) is 27.4. The fourth-order valence-corrected chi connectivity index (χ4v) is 11.2. The number of nitrogens with zero attached hydrogens (tertiary/aromatic N) is 4. The highest BCUT2D eigenvalue weighted by molar-refractivity contribution is 6.10. The molecule has 0 saturated heterocycles. The third-order valence-corrected chi connectivity index (χ3v) is 16.4. The summed E-state index contributed by atoms with van der Waals surface area (Å²) in [7, 11) is 0. The maximum atomic E-state index is 7.19. The zero-order valence-corrected chi connectivity index (χ0v) is 47.5. The van der Waals surface area contributed by atoms with Gasteiger partial charge in [0.05, 0.1) is 22.4 Å². The van der Waals surface area contributed by atoms with Crippen LogP contribution in [0.1, 0.15) is 129 Å². The normalized spacial score (nSPS) is 13.4. The predicted molar refractivity (Wildman–Crippen MR) is 326 cm³/mol. The zero-order chi connectivity index (χ0) is 54.2. The molecule has 10 aromatic rings. The Morgan fingerprint density at radius 2 is 0.922 bits per heavy atom. The SMILES string of the molecule is CC(C)(C)c1cc(Oc2ccc3c4cc(C(C)(C)c5ccccc5)ccc4n(-c4cc(C(C)(C)c5ccccc5)ccn4)c3c2)cc(N2CN(c3cc(-c4ccccc4)cc(C(C)(C)C)c3)c3cc(C(C)(C)C)ccc32)c1. The van der Waals surface area contributed by atoms with E-state index in [4.69, 9.17) is 9.72 Å². The van der Waals surface area contributed by atoms with E-state index in [9.17, 15) is 0 Å². The van der Waals surface area contributed by atoms with Crippen molar-refractivity contribution in [1.82, 2.24) is 9.55 Å². The molecule has 5 nitrogen and oxygen atoms in total. The van der Waals surface area contributed by atoms with Crippen molar-refractivity contribution in [3.63, 3.8) is 0 Å². The van der Waals surface area contributed by atoms with Crippen molar-refractivity contribution in [1.29, 1.82) is 0 Å². The van der Waals surface area contributed by atoms with E-state index in [-0.39, 0.29) is 27.1 Å². The smallest absolute Gasteiger partial charge is 0.137 e. The third kappa shape index (κ3) is 9.71. The molecule has 1 aliphatic rings. The fraction of sp³-hybridized carbons (Fsp3) is 0.264. The molecule has 1 aliphatic heterocycles. The van der Waals surface area contributed by atoms with E-state index in [1.807, 2.05) is 6.20 Å². The van der Waals surface area contributed by atoms with Gasteiger partial charge in [-0.1, -0.05) is 199 Å². The topological polar surface area (TPSA) is 33.5 Å². The Kier molecular flexibility index (Phi) is 12.6. The molecule has 0 unspecified atom stereocenters. The number of hydrogen-bond donors (Lipinski definition) is 0. The van der Waals surface area contributed by atoms with Crippen molar-refractivity contribution >= 4 is 44.6 Å². The number of benzene rings is 8. The van der Waals surface area contributed by atoms with Crippen molar-refractivity contribution in [2.75, 3.05) is 16.5 Å². The molecule has 0 radical (unpaired) electrons. The van der Waals surface area contributed by atoms with Crippen LogP contribution in [0.15, 0.2) is 200 Å². The van der Waals surface area contributed by atoms with Gasteiger partial charge < -0.3 is 14.5 Å². The van der Waals surface area contributed by atoms with Crippen LogP contribution in [0.4, 0.5) is 22.7 Å². The number of pyridine rings is 1. The summed E-state index contributed by atoms with van der Waals surface area (Å²) >= 11 is 0. The van der Waals surface area contributed by atoms with Crippen LogP contribution in [0, 0.1) is 0 Å². The van der Waals surface area contributed by atoms with Gasteiger partial charge in [-0.15, -0.1) is 0 Å². The summed E-state index contributed by atoms with van der Waals surface area (Å²) in [5.41, 5.74) is 17.3. The monoisotopic (exact) mass is 1010 g/mol. The number of hydrogen-bond acceptors (Lipinski definition) is 4. The van der Waals surface area contributed by atoms with Crippen molar-refractivity contribution in [2.45, 2.75) is 117 Å². The molecule has 77 heavy (non-hydrogen) atoms. The molecule has 388 valence electrons. The van der Waals surface area contributed by atoms with E-state index in [2.05, 4.69) is 298 Å². The van der Waals surface area contributed by atoms with Gasteiger partial charge in [0.15, 0.2) is 0 Å². The minimum Gasteiger partial charge on any atom is -0.457 e. The molecule has 5 heteroatoms. The molecule has 0 saturated carbocycles. The molecule has 0 N–H and O–H groups in total. The summed E-state index contributed by atoms with van der Waals surface area (Å²) in [6.07, 6.45) is 1.96. The van der Waals surface area contributed by atoms with Crippen LogP contribution < -0.4 is 14.5 Å². The Balaban J connectivity index is 1.04. The highest BCUT2D eigenvalue weighted by Crippen LogP contribution is 2.49. The number of aromatic nitrogens is 2. The molecule has 11 rings (SSSR count). The van der Waals surface area contributed by atoms with Crippen molar-refractivity contribution < 1.29 is 4.74 Å². The maximum Gasteiger partial charge on any atom is 0.137 e. The molecule has 0 aliphatic carbocycles. The molecule has 0 atom stereocenters. The van der Waals surface area contributed by atoms with Crippen LogP contribution in [0.25, 0.3) is 38.8 Å². The Morgan fingerprint density at radius 3 is 1.55 bits per heavy atom. The van der Waals surface area contributed by atoms with E-state index in [1.54, 1.807) is 0 Å². The van der Waals surface area contributed by atoms with E-state index in [1.165, 1.54) is 72.5 Å². The summed E-state index contributed by atoms with van der Waals surface area (Å²) in [5.74, 6) is 2.42. The maximum absolute atomic E-state index is 7.19. The lowest BCUT2D eigenvalue weighted by molar-refractivity contribution is 0.479. The lowest BCUT2D eigenvalue weighted by Gasteiger charge is -2.28. The first-order valence-electron chi connectivity index (χ1n) is 27.4. The Bertz CT molecular complexity index is 3810. The largest absolute Gasteiger partial charge is 0.457 e. The second kappa shape index (κ2) is 19.0. The molecule has 2 aromatic heterocycles. The van der Waals surface area contributed by atoms with Gasteiger partial charge in [0.1, 0.15) is 24.0 Å². The molecule has 0 spiro atoms. The zero-order valence-electron chi connectivity index (χ0n) is 47.5. The van der Waals surface area contributed by atoms with Crippen LogP contribution in [0.2, 0.25) is 0 Å². The van der Waals surface area contributed by atoms with Crippen molar-refractivity contribution in [3.8, 4) is 28.4 Å². The number of ether oxygens (including phenoxy) is 1. The van der Waals surface area contributed by atoms with Gasteiger partial charge in [0.25, 0.3) is 0 Å². The molecule has 3 heterocycles. The molecular weight excluding hydrogens is 937 g/mol. The minimum atomic E-state index is -0.252. The number of anilines is 4. The average Bonchev–Trinajstić information content (AvgIpc) is 4.03. The second-order valence-corrected chi connectivity index (χ2v) is 25.5. The first-order chi connectivity index (χ1) is 36.5. The number of rotatable bonds is 10. The van der Waals surface area contributed by atoms with Gasteiger partial charge in [-0.2, -0.15) is 0 Å². The van der Waals surface area contributed by atoms with Crippen LogP contribution in [-0.2, 0) is 27.1 Å². The molecule has 0 bridgehead atoms. The number of fused-ring (bicyclic) bond motifs is 4. The summed E-state index contributed by atoms with van der Waals surface area (Å²) in [4.78, 5) is 10.1. The average molecular weight is 1010 g/mol. The summed E-state index contributed by atoms with van der Waals surface area (Å²) < 4.78 is 9.52. The standard InChI is InChI=1S/C72H74N4O/c1-68(2,3)52-29-34-64-66(43-52)75(57-38-49(48-23-17-14-18-24-48)37-55(39-57)69(4,5)6)47-74(64)58-40-56(70(7,8)9)41-60(45-58)77-59-31-32-61-62-42-53(71(10,11)50-25-19-15-20-26-50)30-33-63(62)76(65(61)46-59)67-44-54(35-36-73-67)72(12,13)51-27-21-16-22-28-51/h14-46H,47H2,1-13H3. The molecule has 8 aromatic carbocycles. The predicted octanol–water partition coefficient (Wildman–Crippen LogP) is 19.4. The van der Waals surface area contributed by atoms with Gasteiger partial charge >= 0.3 is 0 Å². The summed E-state index contributed by atoms with van der Waals surface area (Å²) in [5, 5.41) is 2.32.